The Kier molecular flexibility index (Phi) is 6.92. The first-order valence-corrected chi connectivity index (χ1v) is 10.3. The van der Waals surface area contributed by atoms with Gasteiger partial charge in [0, 0.05) is 21.9 Å². The third kappa shape index (κ3) is 4.97. The molecule has 1 amide bonds. The molecule has 0 radical (unpaired) electrons. The lowest BCUT2D eigenvalue weighted by atomic mass is 9.98. The number of hydrogen-bond acceptors (Lipinski definition) is 6. The molecule has 3 rings (SSSR count). The fourth-order valence-corrected chi connectivity index (χ4v) is 3.94. The average molecular weight is 466 g/mol. The van der Waals surface area contributed by atoms with Gasteiger partial charge in [-0.3, -0.25) is 14.5 Å². The Balaban J connectivity index is 1.75. The van der Waals surface area contributed by atoms with Crippen LogP contribution < -0.4 is 5.32 Å². The van der Waals surface area contributed by atoms with Crippen LogP contribution >= 0.6 is 15.9 Å². The maximum Gasteiger partial charge on any atom is 0.356 e. The first-order valence-electron chi connectivity index (χ1n) is 9.51. The molecule has 8 nitrogen and oxygen atoms in total. The van der Waals surface area contributed by atoms with Gasteiger partial charge in [0.15, 0.2) is 0 Å². The molecule has 0 unspecified atom stereocenters. The zero-order valence-electron chi connectivity index (χ0n) is 16.4. The van der Waals surface area contributed by atoms with E-state index in [2.05, 4.69) is 26.2 Å². The molecule has 2 aromatic rings. The van der Waals surface area contributed by atoms with Gasteiger partial charge < -0.3 is 19.8 Å². The van der Waals surface area contributed by atoms with Gasteiger partial charge in [-0.1, -0.05) is 15.9 Å². The number of rotatable bonds is 6. The molecular formula is C20H24BrN3O5. The maximum absolute atomic E-state index is 12.7. The minimum Gasteiger partial charge on any atom is -0.466 e. The van der Waals surface area contributed by atoms with Gasteiger partial charge >= 0.3 is 11.9 Å². The number of H-pyrrole nitrogens is 1. The van der Waals surface area contributed by atoms with E-state index in [-0.39, 0.29) is 30.0 Å². The monoisotopic (exact) mass is 465 g/mol. The van der Waals surface area contributed by atoms with E-state index in [4.69, 9.17) is 9.47 Å². The Labute approximate surface area is 177 Å². The van der Waals surface area contributed by atoms with Crippen molar-refractivity contribution in [2.75, 3.05) is 38.7 Å². The number of hydrogen-bond donors (Lipinski definition) is 2. The van der Waals surface area contributed by atoms with Gasteiger partial charge in [-0.15, -0.1) is 0 Å². The Morgan fingerprint density at radius 2 is 2.14 bits per heavy atom. The van der Waals surface area contributed by atoms with Crippen LogP contribution in [-0.4, -0.2) is 61.1 Å². The third-order valence-electron chi connectivity index (χ3n) is 4.91. The van der Waals surface area contributed by atoms with Crippen molar-refractivity contribution in [2.24, 2.45) is 5.92 Å². The molecular weight excluding hydrogens is 442 g/mol. The van der Waals surface area contributed by atoms with Gasteiger partial charge in [0.2, 0.25) is 5.91 Å². The number of halogens is 1. The number of anilines is 1. The summed E-state index contributed by atoms with van der Waals surface area (Å²) in [7, 11) is 1.29. The van der Waals surface area contributed by atoms with Crippen molar-refractivity contribution in [1.29, 1.82) is 0 Å². The average Bonchev–Trinajstić information content (AvgIpc) is 3.05. The van der Waals surface area contributed by atoms with Crippen LogP contribution in [0.5, 0.6) is 0 Å². The highest BCUT2D eigenvalue weighted by atomic mass is 79.9. The number of carbonyl (C=O) groups is 3. The van der Waals surface area contributed by atoms with E-state index < -0.39 is 5.97 Å². The smallest absolute Gasteiger partial charge is 0.356 e. The summed E-state index contributed by atoms with van der Waals surface area (Å²) in [6.07, 6.45) is 1.59. The molecule has 1 aliphatic rings. The maximum atomic E-state index is 12.7. The van der Waals surface area contributed by atoms with E-state index in [1.807, 2.05) is 23.1 Å². The molecule has 1 aromatic heterocycles. The minimum absolute atomic E-state index is 0.122. The lowest BCUT2D eigenvalue weighted by Crippen LogP contribution is -2.43. The molecule has 9 heteroatoms. The Bertz CT molecular complexity index is 926. The van der Waals surface area contributed by atoms with Crippen LogP contribution in [0, 0.1) is 5.92 Å². The number of esters is 2. The van der Waals surface area contributed by atoms with Crippen molar-refractivity contribution in [3.8, 4) is 0 Å². The molecule has 2 heterocycles. The molecule has 2 N–H and O–H groups in total. The summed E-state index contributed by atoms with van der Waals surface area (Å²) in [6, 6.07) is 5.48. The van der Waals surface area contributed by atoms with Crippen molar-refractivity contribution in [1.82, 2.24) is 9.88 Å². The topological polar surface area (TPSA) is 101 Å². The first-order chi connectivity index (χ1) is 13.9. The number of fused-ring (bicyclic) bond motifs is 1. The van der Waals surface area contributed by atoms with Crippen molar-refractivity contribution in [2.45, 2.75) is 19.8 Å². The third-order valence-corrected chi connectivity index (χ3v) is 5.40. The number of piperidine rings is 1. The summed E-state index contributed by atoms with van der Waals surface area (Å²) in [4.78, 5) is 41.8. The number of aromatic nitrogens is 1. The summed E-state index contributed by atoms with van der Waals surface area (Å²) in [5, 5.41) is 3.55. The summed E-state index contributed by atoms with van der Waals surface area (Å²) >= 11 is 3.41. The highest BCUT2D eigenvalue weighted by molar-refractivity contribution is 9.10. The molecule has 0 saturated carbocycles. The molecule has 1 saturated heterocycles. The Hall–Kier alpha value is -2.39. The molecule has 1 aliphatic heterocycles. The second kappa shape index (κ2) is 9.41. The Morgan fingerprint density at radius 3 is 2.86 bits per heavy atom. The van der Waals surface area contributed by atoms with E-state index in [0.717, 1.165) is 23.9 Å². The molecule has 0 bridgehead atoms. The number of nitrogens with zero attached hydrogens (tertiary/aromatic N) is 1. The first kappa shape index (κ1) is 21.3. The summed E-state index contributed by atoms with van der Waals surface area (Å²) < 4.78 is 10.8. The van der Waals surface area contributed by atoms with Crippen molar-refractivity contribution in [3.63, 3.8) is 0 Å². The minimum atomic E-state index is -0.562. The lowest BCUT2D eigenvalue weighted by molar-refractivity contribution is -0.150. The lowest BCUT2D eigenvalue weighted by Gasteiger charge is -2.30. The molecule has 1 atom stereocenters. The van der Waals surface area contributed by atoms with Crippen molar-refractivity contribution >= 4 is 50.4 Å². The number of carbonyl (C=O) groups excluding carboxylic acids is 3. The second-order valence-corrected chi connectivity index (χ2v) is 7.85. The van der Waals surface area contributed by atoms with Gasteiger partial charge in [-0.2, -0.15) is 0 Å². The number of likely N-dealkylation sites (tertiary alicyclic amines) is 1. The highest BCUT2D eigenvalue weighted by Crippen LogP contribution is 2.31. The molecule has 1 aromatic carbocycles. The number of benzene rings is 1. The van der Waals surface area contributed by atoms with Crippen molar-refractivity contribution in [3.05, 3.63) is 28.4 Å². The van der Waals surface area contributed by atoms with Crippen LogP contribution in [0.1, 0.15) is 30.3 Å². The van der Waals surface area contributed by atoms with E-state index in [9.17, 15) is 14.4 Å². The van der Waals surface area contributed by atoms with Crippen LogP contribution in [-0.2, 0) is 19.1 Å². The second-order valence-electron chi connectivity index (χ2n) is 6.93. The summed E-state index contributed by atoms with van der Waals surface area (Å²) in [5.74, 6) is -1.26. The van der Waals surface area contributed by atoms with Crippen LogP contribution in [0.3, 0.4) is 0 Å². The van der Waals surface area contributed by atoms with Gasteiger partial charge in [0.25, 0.3) is 0 Å². The van der Waals surface area contributed by atoms with Crippen LogP contribution in [0.2, 0.25) is 0 Å². The zero-order chi connectivity index (χ0) is 21.0. The largest absolute Gasteiger partial charge is 0.466 e. The summed E-state index contributed by atoms with van der Waals surface area (Å²) in [5.41, 5.74) is 1.29. The standard InChI is InChI=1S/C20H24BrN3O5/c1-3-29-19(26)12-5-4-8-24(10-12)11-16(25)23-17-14-9-13(21)6-7-15(14)22-18(17)20(27)28-2/h6-7,9,12,22H,3-5,8,10-11H2,1-2H3,(H,23,25)/t12-/m0/s1. The quantitative estimate of drug-likeness (QED) is 0.636. The van der Waals surface area contributed by atoms with E-state index in [0.29, 0.717) is 29.7 Å². The van der Waals surface area contributed by atoms with Crippen LogP contribution in [0.25, 0.3) is 10.9 Å². The fourth-order valence-electron chi connectivity index (χ4n) is 3.58. The van der Waals surface area contributed by atoms with Gasteiger partial charge in [-0.25, -0.2) is 4.79 Å². The number of aromatic amines is 1. The van der Waals surface area contributed by atoms with E-state index in [1.54, 1.807) is 6.92 Å². The van der Waals surface area contributed by atoms with Gasteiger partial charge in [0.05, 0.1) is 31.9 Å². The van der Waals surface area contributed by atoms with Gasteiger partial charge in [0.1, 0.15) is 5.69 Å². The van der Waals surface area contributed by atoms with E-state index >= 15 is 0 Å². The Morgan fingerprint density at radius 1 is 1.34 bits per heavy atom. The molecule has 29 heavy (non-hydrogen) atoms. The van der Waals surface area contributed by atoms with Gasteiger partial charge in [-0.05, 0) is 44.5 Å². The van der Waals surface area contributed by atoms with E-state index in [1.165, 1.54) is 7.11 Å². The zero-order valence-corrected chi connectivity index (χ0v) is 18.0. The predicted molar refractivity (Wildman–Crippen MR) is 112 cm³/mol. The highest BCUT2D eigenvalue weighted by Gasteiger charge is 2.28. The number of amides is 1. The predicted octanol–water partition coefficient (Wildman–Crippen LogP) is 2.93. The van der Waals surface area contributed by atoms with Crippen molar-refractivity contribution < 1.29 is 23.9 Å². The molecule has 1 fully saturated rings. The molecule has 156 valence electrons. The van der Waals surface area contributed by atoms with Crippen LogP contribution in [0.15, 0.2) is 22.7 Å². The summed E-state index contributed by atoms with van der Waals surface area (Å²) in [6.45, 7) is 3.46. The number of methoxy groups -OCH3 is 1. The SMILES string of the molecule is CCOC(=O)[C@H]1CCCN(CC(=O)Nc2c(C(=O)OC)[nH]c3ccc(Br)cc23)C1. The number of ether oxygens (including phenoxy) is 2. The fraction of sp³-hybridized carbons (Fsp3) is 0.450. The normalized spacial score (nSPS) is 17.1. The molecule has 0 spiro atoms. The molecule has 0 aliphatic carbocycles. The van der Waals surface area contributed by atoms with Crippen LogP contribution in [0.4, 0.5) is 5.69 Å². The number of nitrogens with one attached hydrogen (secondary N) is 2.